The van der Waals surface area contributed by atoms with E-state index in [1.165, 1.54) is 12.8 Å². The van der Waals surface area contributed by atoms with Crippen LogP contribution in [-0.4, -0.2) is 30.6 Å². The summed E-state index contributed by atoms with van der Waals surface area (Å²) in [6.45, 7) is 8.25. The fraction of sp³-hybridized carbons (Fsp3) is 0.625. The van der Waals surface area contributed by atoms with E-state index in [9.17, 15) is 4.39 Å². The molecule has 1 aliphatic heterocycles. The lowest BCUT2D eigenvalue weighted by molar-refractivity contribution is 0.213. The van der Waals surface area contributed by atoms with Gasteiger partial charge < -0.3 is 5.32 Å². The van der Waals surface area contributed by atoms with Crippen molar-refractivity contribution in [1.29, 1.82) is 0 Å². The first-order valence-corrected chi connectivity index (χ1v) is 8.23. The van der Waals surface area contributed by atoms with E-state index in [1.54, 1.807) is 6.07 Å². The summed E-state index contributed by atoms with van der Waals surface area (Å²) < 4.78 is 14.8. The topological polar surface area (TPSA) is 15.3 Å². The Balaban J connectivity index is 2.01. The lowest BCUT2D eigenvalue weighted by Gasteiger charge is -2.27. The van der Waals surface area contributed by atoms with Crippen molar-refractivity contribution in [2.24, 2.45) is 5.92 Å². The van der Waals surface area contributed by atoms with Gasteiger partial charge in [0.1, 0.15) is 5.82 Å². The molecule has 1 aliphatic rings. The summed E-state index contributed by atoms with van der Waals surface area (Å²) in [5, 5.41) is 3.53. The molecule has 1 unspecified atom stereocenters. The van der Waals surface area contributed by atoms with Gasteiger partial charge in [-0.1, -0.05) is 35.8 Å². The number of hydrogen-bond acceptors (Lipinski definition) is 2. The Bertz CT molecular complexity index is 430. The zero-order valence-corrected chi connectivity index (χ0v) is 13.9. The maximum Gasteiger partial charge on any atom is 0.128 e. The van der Waals surface area contributed by atoms with Gasteiger partial charge in [0.15, 0.2) is 0 Å². The molecule has 0 bridgehead atoms. The summed E-state index contributed by atoms with van der Waals surface area (Å²) in [6, 6.07) is 5.91. The Morgan fingerprint density at radius 3 is 2.85 bits per heavy atom. The molecule has 20 heavy (non-hydrogen) atoms. The van der Waals surface area contributed by atoms with Crippen LogP contribution in [-0.2, 0) is 6.54 Å². The van der Waals surface area contributed by atoms with E-state index in [0.717, 1.165) is 29.7 Å². The van der Waals surface area contributed by atoms with Gasteiger partial charge in [0.25, 0.3) is 0 Å². The molecule has 1 atom stereocenters. The highest BCUT2D eigenvalue weighted by atomic mass is 79.9. The first-order valence-electron chi connectivity index (χ1n) is 7.44. The van der Waals surface area contributed by atoms with Crippen LogP contribution < -0.4 is 5.32 Å². The SMILES string of the molecule is CC(C)CN(Cc1ccc(Br)cc1F)CC1CCCN1. The number of hydrogen-bond donors (Lipinski definition) is 1. The maximum absolute atomic E-state index is 14.0. The van der Waals surface area contributed by atoms with E-state index in [4.69, 9.17) is 0 Å². The van der Waals surface area contributed by atoms with Crippen LogP contribution in [0.1, 0.15) is 32.3 Å². The molecule has 1 fully saturated rings. The molecule has 1 saturated heterocycles. The lowest BCUT2D eigenvalue weighted by Crippen LogP contribution is -2.39. The number of benzene rings is 1. The van der Waals surface area contributed by atoms with E-state index >= 15 is 0 Å². The summed E-state index contributed by atoms with van der Waals surface area (Å²) in [7, 11) is 0. The highest BCUT2D eigenvalue weighted by Gasteiger charge is 2.19. The third-order valence-electron chi connectivity index (χ3n) is 3.67. The second kappa shape index (κ2) is 7.53. The number of nitrogens with one attached hydrogen (secondary N) is 1. The highest BCUT2D eigenvalue weighted by molar-refractivity contribution is 9.10. The molecule has 4 heteroatoms. The van der Waals surface area contributed by atoms with Crippen LogP contribution in [0.2, 0.25) is 0 Å². The Morgan fingerprint density at radius 2 is 2.25 bits per heavy atom. The predicted octanol–water partition coefficient (Wildman–Crippen LogP) is 3.80. The van der Waals surface area contributed by atoms with Gasteiger partial charge in [-0.05, 0) is 37.4 Å². The van der Waals surface area contributed by atoms with Crippen LogP contribution in [0.4, 0.5) is 4.39 Å². The third kappa shape index (κ3) is 4.83. The van der Waals surface area contributed by atoms with E-state index in [-0.39, 0.29) is 5.82 Å². The van der Waals surface area contributed by atoms with Gasteiger partial charge >= 0.3 is 0 Å². The molecule has 0 aromatic heterocycles. The van der Waals surface area contributed by atoms with Crippen LogP contribution >= 0.6 is 15.9 Å². The standard InChI is InChI=1S/C16H24BrFN2/c1-12(2)9-20(11-15-4-3-7-19-15)10-13-5-6-14(17)8-16(13)18/h5-6,8,12,15,19H,3-4,7,9-11H2,1-2H3. The molecular formula is C16H24BrFN2. The van der Waals surface area contributed by atoms with Gasteiger partial charge in [-0.15, -0.1) is 0 Å². The number of rotatable bonds is 6. The van der Waals surface area contributed by atoms with Gasteiger partial charge in [-0.3, -0.25) is 4.90 Å². The van der Waals surface area contributed by atoms with Crippen LogP contribution in [0, 0.1) is 11.7 Å². The van der Waals surface area contributed by atoms with Crippen molar-refractivity contribution in [3.8, 4) is 0 Å². The quantitative estimate of drug-likeness (QED) is 0.845. The zero-order chi connectivity index (χ0) is 14.5. The average molecular weight is 343 g/mol. The molecule has 2 rings (SSSR count). The van der Waals surface area contributed by atoms with Gasteiger partial charge in [-0.25, -0.2) is 4.39 Å². The first kappa shape index (κ1) is 15.9. The Hall–Kier alpha value is -0.450. The van der Waals surface area contributed by atoms with Gasteiger partial charge in [0.2, 0.25) is 0 Å². The molecule has 2 nitrogen and oxygen atoms in total. The minimum absolute atomic E-state index is 0.118. The van der Waals surface area contributed by atoms with Gasteiger partial charge in [-0.2, -0.15) is 0 Å². The van der Waals surface area contributed by atoms with Crippen LogP contribution in [0.5, 0.6) is 0 Å². The maximum atomic E-state index is 14.0. The molecule has 0 amide bonds. The second-order valence-corrected chi connectivity index (χ2v) is 7.03. The van der Waals surface area contributed by atoms with Crippen molar-refractivity contribution in [1.82, 2.24) is 10.2 Å². The lowest BCUT2D eigenvalue weighted by atomic mass is 10.1. The number of nitrogens with zero attached hydrogens (tertiary/aromatic N) is 1. The monoisotopic (exact) mass is 342 g/mol. The van der Waals surface area contributed by atoms with Crippen molar-refractivity contribution in [2.45, 2.75) is 39.3 Å². The molecule has 0 saturated carbocycles. The van der Waals surface area contributed by atoms with Crippen molar-refractivity contribution >= 4 is 15.9 Å². The Morgan fingerprint density at radius 1 is 1.45 bits per heavy atom. The van der Waals surface area contributed by atoms with E-state index in [0.29, 0.717) is 18.5 Å². The summed E-state index contributed by atoms with van der Waals surface area (Å²) in [5.41, 5.74) is 0.784. The summed E-state index contributed by atoms with van der Waals surface area (Å²) >= 11 is 3.31. The van der Waals surface area contributed by atoms with Crippen molar-refractivity contribution < 1.29 is 4.39 Å². The van der Waals surface area contributed by atoms with E-state index < -0.39 is 0 Å². The fourth-order valence-electron chi connectivity index (χ4n) is 2.84. The summed E-state index contributed by atoms with van der Waals surface area (Å²) in [4.78, 5) is 2.37. The minimum Gasteiger partial charge on any atom is -0.313 e. The largest absolute Gasteiger partial charge is 0.313 e. The molecule has 112 valence electrons. The minimum atomic E-state index is -0.118. The smallest absolute Gasteiger partial charge is 0.128 e. The average Bonchev–Trinajstić information content (AvgIpc) is 2.84. The fourth-order valence-corrected chi connectivity index (χ4v) is 3.17. The molecule has 1 heterocycles. The summed E-state index contributed by atoms with van der Waals surface area (Å²) in [6.07, 6.45) is 2.49. The highest BCUT2D eigenvalue weighted by Crippen LogP contribution is 2.18. The molecule has 0 spiro atoms. The van der Waals surface area contributed by atoms with Crippen LogP contribution in [0.15, 0.2) is 22.7 Å². The number of halogens is 2. The van der Waals surface area contributed by atoms with Crippen molar-refractivity contribution in [2.75, 3.05) is 19.6 Å². The van der Waals surface area contributed by atoms with E-state index in [2.05, 4.69) is 40.0 Å². The van der Waals surface area contributed by atoms with Crippen LogP contribution in [0.3, 0.4) is 0 Å². The van der Waals surface area contributed by atoms with Gasteiger partial charge in [0, 0.05) is 35.7 Å². The molecule has 1 N–H and O–H groups in total. The van der Waals surface area contributed by atoms with Crippen molar-refractivity contribution in [3.63, 3.8) is 0 Å². The van der Waals surface area contributed by atoms with Gasteiger partial charge in [0.05, 0.1) is 0 Å². The molecule has 1 aromatic rings. The van der Waals surface area contributed by atoms with E-state index in [1.807, 2.05) is 12.1 Å². The Kier molecular flexibility index (Phi) is 6.00. The third-order valence-corrected chi connectivity index (χ3v) is 4.17. The van der Waals surface area contributed by atoms with Crippen LogP contribution in [0.25, 0.3) is 0 Å². The predicted molar refractivity (Wildman–Crippen MR) is 85.2 cm³/mol. The molecule has 1 aromatic carbocycles. The molecule has 0 radical (unpaired) electrons. The first-order chi connectivity index (χ1) is 9.54. The molecule has 0 aliphatic carbocycles. The zero-order valence-electron chi connectivity index (χ0n) is 12.3. The molecular weight excluding hydrogens is 319 g/mol. The van der Waals surface area contributed by atoms with Crippen molar-refractivity contribution in [3.05, 3.63) is 34.1 Å². The normalized spacial score (nSPS) is 19.2. The Labute approximate surface area is 129 Å². The summed E-state index contributed by atoms with van der Waals surface area (Å²) in [5.74, 6) is 0.474. The second-order valence-electron chi connectivity index (χ2n) is 6.12.